The molecule has 1 aliphatic heterocycles. The number of hydrogen-bond donors (Lipinski definition) is 0. The van der Waals surface area contributed by atoms with Crippen LogP contribution in [-0.4, -0.2) is 31.8 Å². The van der Waals surface area contributed by atoms with Crippen molar-refractivity contribution in [1.29, 1.82) is 0 Å². The lowest BCUT2D eigenvalue weighted by Crippen LogP contribution is -2.36. The predicted octanol–water partition coefficient (Wildman–Crippen LogP) is 4.18. The van der Waals surface area contributed by atoms with E-state index in [2.05, 4.69) is 0 Å². The fourth-order valence-electron chi connectivity index (χ4n) is 3.09. The number of hydrogen-bond acceptors (Lipinski definition) is 4. The molecule has 0 radical (unpaired) electrons. The Hall–Kier alpha value is -1.89. The summed E-state index contributed by atoms with van der Waals surface area (Å²) in [6.45, 7) is 2.79. The van der Waals surface area contributed by atoms with Crippen molar-refractivity contribution in [1.82, 2.24) is 4.31 Å². The van der Waals surface area contributed by atoms with E-state index >= 15 is 0 Å². The highest BCUT2D eigenvalue weighted by Crippen LogP contribution is 2.25. The summed E-state index contributed by atoms with van der Waals surface area (Å²) in [7, 11) is -3.62. The molecule has 27 heavy (non-hydrogen) atoms. The van der Waals surface area contributed by atoms with Crippen LogP contribution in [-0.2, 0) is 21.4 Å². The molecule has 0 unspecified atom stereocenters. The molecule has 1 heterocycles. The summed E-state index contributed by atoms with van der Waals surface area (Å²) in [5.74, 6) is -0.579. The number of ether oxygens (including phenoxy) is 1. The molecule has 3 rings (SSSR count). The van der Waals surface area contributed by atoms with E-state index in [1.54, 1.807) is 37.3 Å². The maximum atomic E-state index is 13.0. The summed E-state index contributed by atoms with van der Waals surface area (Å²) in [5, 5.41) is 0.516. The van der Waals surface area contributed by atoms with Crippen molar-refractivity contribution < 1.29 is 17.9 Å². The van der Waals surface area contributed by atoms with Gasteiger partial charge in [-0.1, -0.05) is 42.3 Å². The van der Waals surface area contributed by atoms with Crippen LogP contribution >= 0.6 is 11.6 Å². The number of sulfonamides is 1. The molecular weight excluding hydrogens is 386 g/mol. The van der Waals surface area contributed by atoms with Crippen LogP contribution in [0.2, 0.25) is 5.02 Å². The second-order valence-corrected chi connectivity index (χ2v) is 8.93. The van der Waals surface area contributed by atoms with Crippen LogP contribution < -0.4 is 0 Å². The third-order valence-corrected chi connectivity index (χ3v) is 7.08. The number of piperidine rings is 1. The first kappa shape index (κ1) is 19.9. The molecule has 1 saturated heterocycles. The van der Waals surface area contributed by atoms with Gasteiger partial charge in [0.15, 0.2) is 0 Å². The van der Waals surface area contributed by atoms with Crippen LogP contribution in [0.1, 0.15) is 40.7 Å². The lowest BCUT2D eigenvalue weighted by molar-refractivity contribution is 0.0472. The lowest BCUT2D eigenvalue weighted by Gasteiger charge is -2.26. The normalized spacial score (nSPS) is 15.5. The molecule has 0 saturated carbocycles. The molecule has 0 aromatic heterocycles. The minimum absolute atomic E-state index is 0.0284. The van der Waals surface area contributed by atoms with E-state index in [9.17, 15) is 13.2 Å². The molecule has 0 atom stereocenters. The minimum atomic E-state index is -3.62. The number of nitrogens with zero attached hydrogens (tertiary/aromatic N) is 1. The smallest absolute Gasteiger partial charge is 0.338 e. The molecule has 1 aliphatic rings. The Morgan fingerprint density at radius 2 is 1.81 bits per heavy atom. The average Bonchev–Trinajstić information content (AvgIpc) is 2.68. The van der Waals surface area contributed by atoms with Crippen molar-refractivity contribution in [2.75, 3.05) is 13.1 Å². The number of benzene rings is 2. The molecule has 2 aromatic carbocycles. The monoisotopic (exact) mass is 407 g/mol. The van der Waals surface area contributed by atoms with Gasteiger partial charge in [0.1, 0.15) is 6.61 Å². The van der Waals surface area contributed by atoms with Crippen molar-refractivity contribution >= 4 is 27.6 Å². The van der Waals surface area contributed by atoms with Crippen LogP contribution in [0.25, 0.3) is 0 Å². The van der Waals surface area contributed by atoms with Crippen LogP contribution in [0, 0.1) is 6.92 Å². The van der Waals surface area contributed by atoms with E-state index in [0.29, 0.717) is 29.2 Å². The van der Waals surface area contributed by atoms with Crippen molar-refractivity contribution in [3.8, 4) is 0 Å². The Morgan fingerprint density at radius 1 is 1.11 bits per heavy atom. The second-order valence-electron chi connectivity index (χ2n) is 6.61. The number of rotatable bonds is 5. The minimum Gasteiger partial charge on any atom is -0.457 e. The maximum Gasteiger partial charge on any atom is 0.338 e. The number of halogens is 1. The zero-order valence-electron chi connectivity index (χ0n) is 15.2. The van der Waals surface area contributed by atoms with Gasteiger partial charge in [0, 0.05) is 23.7 Å². The first-order chi connectivity index (χ1) is 12.9. The van der Waals surface area contributed by atoms with Gasteiger partial charge in [-0.05, 0) is 43.5 Å². The zero-order chi connectivity index (χ0) is 19.4. The first-order valence-corrected chi connectivity index (χ1v) is 10.7. The molecule has 5 nitrogen and oxygen atoms in total. The molecular formula is C20H22ClNO4S. The Balaban J connectivity index is 1.80. The van der Waals surface area contributed by atoms with Crippen LogP contribution in [0.4, 0.5) is 0 Å². The summed E-state index contributed by atoms with van der Waals surface area (Å²) < 4.78 is 32.7. The summed E-state index contributed by atoms with van der Waals surface area (Å²) in [4.78, 5) is 12.6. The third kappa shape index (κ3) is 4.51. The van der Waals surface area contributed by atoms with E-state index in [0.717, 1.165) is 19.3 Å². The fourth-order valence-corrected chi connectivity index (χ4v) is 5.05. The predicted molar refractivity (Wildman–Crippen MR) is 104 cm³/mol. The molecule has 0 amide bonds. The van der Waals surface area contributed by atoms with Gasteiger partial charge in [0.2, 0.25) is 10.0 Å². The molecule has 7 heteroatoms. The van der Waals surface area contributed by atoms with E-state index in [1.807, 2.05) is 6.07 Å². The Bertz CT molecular complexity index is 937. The van der Waals surface area contributed by atoms with Crippen LogP contribution in [0.15, 0.2) is 47.4 Å². The number of carbonyl (C=O) groups is 1. The molecule has 144 valence electrons. The van der Waals surface area contributed by atoms with Crippen LogP contribution in [0.3, 0.4) is 0 Å². The van der Waals surface area contributed by atoms with E-state index < -0.39 is 16.0 Å². The molecule has 0 N–H and O–H groups in total. The van der Waals surface area contributed by atoms with E-state index in [1.165, 1.54) is 10.4 Å². The zero-order valence-corrected chi connectivity index (χ0v) is 16.7. The Morgan fingerprint density at radius 3 is 2.52 bits per heavy atom. The van der Waals surface area contributed by atoms with Gasteiger partial charge in [-0.25, -0.2) is 13.2 Å². The van der Waals surface area contributed by atoms with Crippen molar-refractivity contribution in [2.24, 2.45) is 0 Å². The third-order valence-electron chi connectivity index (χ3n) is 4.67. The van der Waals surface area contributed by atoms with Crippen LogP contribution in [0.5, 0.6) is 0 Å². The van der Waals surface area contributed by atoms with E-state index in [4.69, 9.17) is 16.3 Å². The lowest BCUT2D eigenvalue weighted by atomic mass is 10.1. The fraction of sp³-hybridized carbons (Fsp3) is 0.350. The maximum absolute atomic E-state index is 13.0. The van der Waals surface area contributed by atoms with Gasteiger partial charge in [-0.15, -0.1) is 0 Å². The van der Waals surface area contributed by atoms with Gasteiger partial charge in [0.25, 0.3) is 0 Å². The Labute approximate surface area is 165 Å². The quantitative estimate of drug-likeness (QED) is 0.697. The number of aryl methyl sites for hydroxylation is 1. The highest BCUT2D eigenvalue weighted by Gasteiger charge is 2.28. The van der Waals surface area contributed by atoms with Gasteiger partial charge < -0.3 is 4.74 Å². The SMILES string of the molecule is Cc1ccc(C(=O)OCc2ccccc2Cl)cc1S(=O)(=O)N1CCCCC1. The summed E-state index contributed by atoms with van der Waals surface area (Å²) in [6.07, 6.45) is 2.76. The van der Waals surface area contributed by atoms with Gasteiger partial charge in [-0.2, -0.15) is 4.31 Å². The van der Waals surface area contributed by atoms with Crippen molar-refractivity contribution in [3.05, 3.63) is 64.2 Å². The van der Waals surface area contributed by atoms with Gasteiger partial charge in [-0.3, -0.25) is 0 Å². The highest BCUT2D eigenvalue weighted by molar-refractivity contribution is 7.89. The summed E-state index contributed by atoms with van der Waals surface area (Å²) in [5.41, 5.74) is 1.52. The molecule has 1 fully saturated rings. The Kier molecular flexibility index (Phi) is 6.19. The molecule has 2 aromatic rings. The molecule has 0 spiro atoms. The first-order valence-electron chi connectivity index (χ1n) is 8.91. The summed E-state index contributed by atoms with van der Waals surface area (Å²) in [6, 6.07) is 11.7. The highest BCUT2D eigenvalue weighted by atomic mass is 35.5. The van der Waals surface area contributed by atoms with Crippen molar-refractivity contribution in [2.45, 2.75) is 37.7 Å². The molecule has 0 bridgehead atoms. The summed E-state index contributed by atoms with van der Waals surface area (Å²) >= 11 is 6.07. The standard InChI is InChI=1S/C20H22ClNO4S/c1-15-9-10-16(20(23)26-14-17-7-3-4-8-18(17)21)13-19(15)27(24,25)22-11-5-2-6-12-22/h3-4,7-10,13H,2,5-6,11-12,14H2,1H3. The second kappa shape index (κ2) is 8.42. The average molecular weight is 408 g/mol. The molecule has 0 aliphatic carbocycles. The number of carbonyl (C=O) groups excluding carboxylic acids is 1. The number of esters is 1. The van der Waals surface area contributed by atoms with Gasteiger partial charge in [0.05, 0.1) is 10.5 Å². The van der Waals surface area contributed by atoms with Crippen molar-refractivity contribution in [3.63, 3.8) is 0 Å². The topological polar surface area (TPSA) is 63.7 Å². The van der Waals surface area contributed by atoms with E-state index in [-0.39, 0.29) is 17.1 Å². The largest absolute Gasteiger partial charge is 0.457 e. The van der Waals surface area contributed by atoms with Gasteiger partial charge >= 0.3 is 5.97 Å².